The first-order valence-corrected chi connectivity index (χ1v) is 9.15. The second kappa shape index (κ2) is 7.83. The summed E-state index contributed by atoms with van der Waals surface area (Å²) in [6.07, 6.45) is 4.79. The van der Waals surface area contributed by atoms with Crippen LogP contribution in [0.4, 0.5) is 0 Å². The monoisotopic (exact) mass is 388 g/mol. The first-order valence-electron chi connectivity index (χ1n) is 8.77. The van der Waals surface area contributed by atoms with Crippen molar-refractivity contribution in [2.24, 2.45) is 5.41 Å². The summed E-state index contributed by atoms with van der Waals surface area (Å²) in [5.74, 6) is -1.05. The van der Waals surface area contributed by atoms with Crippen LogP contribution in [0.2, 0.25) is 5.02 Å². The Morgan fingerprint density at radius 1 is 1.30 bits per heavy atom. The molecule has 0 aromatic heterocycles. The Balaban J connectivity index is 2.52. The number of carbonyl (C=O) groups is 2. The van der Waals surface area contributed by atoms with Crippen LogP contribution in [-0.2, 0) is 16.0 Å². The van der Waals surface area contributed by atoms with Gasteiger partial charge in [0.15, 0.2) is 5.78 Å². The van der Waals surface area contributed by atoms with Crippen molar-refractivity contribution in [3.8, 4) is 0 Å². The van der Waals surface area contributed by atoms with Crippen molar-refractivity contribution in [2.45, 2.75) is 46.1 Å². The van der Waals surface area contributed by atoms with Gasteiger partial charge in [-0.3, -0.25) is 4.79 Å². The number of allylic oxidation sites excluding steroid dienone is 3. The van der Waals surface area contributed by atoms with Gasteiger partial charge in [-0.05, 0) is 42.7 Å². The van der Waals surface area contributed by atoms with Gasteiger partial charge in [0.05, 0.1) is 0 Å². The van der Waals surface area contributed by atoms with E-state index in [0.29, 0.717) is 28.2 Å². The summed E-state index contributed by atoms with van der Waals surface area (Å²) in [4.78, 5) is 23.6. The summed E-state index contributed by atoms with van der Waals surface area (Å²) >= 11 is 6.24. The first kappa shape index (κ1) is 21.1. The van der Waals surface area contributed by atoms with Crippen molar-refractivity contribution in [3.63, 3.8) is 0 Å². The molecule has 0 heterocycles. The Bertz CT molecular complexity index is 861. The van der Waals surface area contributed by atoms with Gasteiger partial charge >= 0.3 is 5.97 Å². The molecule has 144 valence electrons. The van der Waals surface area contributed by atoms with E-state index < -0.39 is 17.0 Å². The second-order valence-electron chi connectivity index (χ2n) is 7.68. The molecule has 0 saturated carbocycles. The second-order valence-corrected chi connectivity index (χ2v) is 8.09. The predicted octanol–water partition coefficient (Wildman–Crippen LogP) is 4.52. The standard InChI is InChI=1S/C22H25ClO4/c1-14(11-20(25)26)9-10-22(27)15(2)17(19(24)13-21(22,3)4)12-16-7-5-6-8-18(16)23/h5-11,27H,12-13H2,1-4H3,(H,25,26)/b10-9+,14-11-/t22-/m1/s1. The largest absolute Gasteiger partial charge is 0.478 e. The number of halogens is 1. The lowest BCUT2D eigenvalue weighted by atomic mass is 9.62. The number of benzene rings is 1. The highest BCUT2D eigenvalue weighted by Crippen LogP contribution is 2.47. The van der Waals surface area contributed by atoms with Gasteiger partial charge in [-0.2, -0.15) is 0 Å². The fraction of sp³-hybridized carbons (Fsp3) is 0.364. The van der Waals surface area contributed by atoms with Crippen molar-refractivity contribution < 1.29 is 19.8 Å². The van der Waals surface area contributed by atoms with Crippen LogP contribution in [0.5, 0.6) is 0 Å². The summed E-state index contributed by atoms with van der Waals surface area (Å²) in [6, 6.07) is 7.33. The van der Waals surface area contributed by atoms with Crippen LogP contribution in [0.15, 0.2) is 59.2 Å². The van der Waals surface area contributed by atoms with E-state index in [0.717, 1.165) is 11.6 Å². The molecule has 5 heteroatoms. The summed E-state index contributed by atoms with van der Waals surface area (Å²) < 4.78 is 0. The van der Waals surface area contributed by atoms with Gasteiger partial charge in [-0.15, -0.1) is 0 Å². The number of aliphatic carboxylic acids is 1. The topological polar surface area (TPSA) is 74.6 Å². The van der Waals surface area contributed by atoms with Crippen LogP contribution >= 0.6 is 11.6 Å². The van der Waals surface area contributed by atoms with Crippen LogP contribution in [0.3, 0.4) is 0 Å². The SMILES string of the molecule is CC1=C(Cc2ccccc2Cl)C(=O)CC(C)(C)[C@@]1(O)/C=C/C(C)=C\C(=O)O. The molecule has 0 spiro atoms. The Labute approximate surface area is 164 Å². The normalized spacial score (nSPS) is 23.2. The number of rotatable bonds is 5. The molecule has 0 radical (unpaired) electrons. The van der Waals surface area contributed by atoms with Gasteiger partial charge in [0.25, 0.3) is 0 Å². The third kappa shape index (κ3) is 4.40. The Kier molecular flexibility index (Phi) is 6.13. The van der Waals surface area contributed by atoms with Crippen LogP contribution < -0.4 is 0 Å². The van der Waals surface area contributed by atoms with E-state index in [1.165, 1.54) is 0 Å². The van der Waals surface area contributed by atoms with Gasteiger partial charge in [0.1, 0.15) is 5.60 Å². The molecule has 0 saturated heterocycles. The highest BCUT2D eigenvalue weighted by atomic mass is 35.5. The fourth-order valence-electron chi connectivity index (χ4n) is 3.50. The Morgan fingerprint density at radius 3 is 2.52 bits per heavy atom. The highest BCUT2D eigenvalue weighted by molar-refractivity contribution is 6.31. The Hall–Kier alpha value is -2.17. The number of aliphatic hydroxyl groups is 1. The summed E-state index contributed by atoms with van der Waals surface area (Å²) in [5, 5.41) is 20.9. The third-order valence-corrected chi connectivity index (χ3v) is 5.63. The molecule has 0 amide bonds. The first-order chi connectivity index (χ1) is 12.5. The molecule has 1 aromatic carbocycles. The number of hydrogen-bond donors (Lipinski definition) is 2. The summed E-state index contributed by atoms with van der Waals surface area (Å²) in [6.45, 7) is 7.08. The lowest BCUT2D eigenvalue weighted by Gasteiger charge is -2.46. The molecular formula is C22H25ClO4. The third-order valence-electron chi connectivity index (χ3n) is 5.26. The maximum Gasteiger partial charge on any atom is 0.328 e. The fourth-order valence-corrected chi connectivity index (χ4v) is 3.70. The molecule has 0 unspecified atom stereocenters. The van der Waals surface area contributed by atoms with Gasteiger partial charge in [0, 0.05) is 34.9 Å². The number of ketones is 1. The minimum atomic E-state index is -1.37. The van der Waals surface area contributed by atoms with E-state index in [2.05, 4.69) is 0 Å². The predicted molar refractivity (Wildman–Crippen MR) is 107 cm³/mol. The van der Waals surface area contributed by atoms with E-state index in [9.17, 15) is 14.7 Å². The van der Waals surface area contributed by atoms with Crippen LogP contribution in [-0.4, -0.2) is 27.6 Å². The maximum atomic E-state index is 12.8. The van der Waals surface area contributed by atoms with E-state index >= 15 is 0 Å². The molecule has 2 N–H and O–H groups in total. The summed E-state index contributed by atoms with van der Waals surface area (Å²) in [7, 11) is 0. The number of carboxylic acids is 1. The maximum absolute atomic E-state index is 12.8. The molecule has 0 bridgehead atoms. The molecule has 1 aliphatic carbocycles. The molecule has 27 heavy (non-hydrogen) atoms. The number of Topliss-reactive ketones (excluding diaryl/α,β-unsaturated/α-hetero) is 1. The van der Waals surface area contributed by atoms with Crippen molar-refractivity contribution in [1.29, 1.82) is 0 Å². The lowest BCUT2D eigenvalue weighted by molar-refractivity contribution is -0.131. The Morgan fingerprint density at radius 2 is 1.93 bits per heavy atom. The highest BCUT2D eigenvalue weighted by Gasteiger charge is 2.49. The van der Waals surface area contributed by atoms with Crippen molar-refractivity contribution in [1.82, 2.24) is 0 Å². The minimum Gasteiger partial charge on any atom is -0.478 e. The number of carbonyl (C=O) groups excluding carboxylic acids is 1. The molecule has 2 rings (SSSR count). The molecule has 0 fully saturated rings. The zero-order chi connectivity index (χ0) is 20.4. The van der Waals surface area contributed by atoms with Gasteiger partial charge in [-0.25, -0.2) is 4.79 Å². The average molecular weight is 389 g/mol. The van der Waals surface area contributed by atoms with E-state index in [1.807, 2.05) is 32.0 Å². The molecular weight excluding hydrogens is 364 g/mol. The van der Waals surface area contributed by atoms with Crippen molar-refractivity contribution >= 4 is 23.4 Å². The lowest BCUT2D eigenvalue weighted by Crippen LogP contribution is -2.49. The number of carboxylic acid groups (broad SMARTS) is 1. The number of hydrogen-bond acceptors (Lipinski definition) is 3. The van der Waals surface area contributed by atoms with E-state index in [-0.39, 0.29) is 12.2 Å². The van der Waals surface area contributed by atoms with Gasteiger partial charge < -0.3 is 10.2 Å². The van der Waals surface area contributed by atoms with Crippen molar-refractivity contribution in [3.05, 3.63) is 69.8 Å². The molecule has 1 aliphatic rings. The van der Waals surface area contributed by atoms with Crippen molar-refractivity contribution in [2.75, 3.05) is 0 Å². The van der Waals surface area contributed by atoms with E-state index in [4.69, 9.17) is 16.7 Å². The average Bonchev–Trinajstić information content (AvgIpc) is 2.56. The van der Waals surface area contributed by atoms with Gasteiger partial charge in [-0.1, -0.05) is 49.7 Å². The molecule has 4 nitrogen and oxygen atoms in total. The molecule has 1 aromatic rings. The molecule has 0 aliphatic heterocycles. The minimum absolute atomic E-state index is 0.00621. The van der Waals surface area contributed by atoms with Crippen LogP contribution in [0.1, 0.15) is 39.7 Å². The van der Waals surface area contributed by atoms with Gasteiger partial charge in [0.2, 0.25) is 0 Å². The zero-order valence-corrected chi connectivity index (χ0v) is 16.8. The smallest absolute Gasteiger partial charge is 0.328 e. The van der Waals surface area contributed by atoms with Crippen LogP contribution in [0, 0.1) is 5.41 Å². The van der Waals surface area contributed by atoms with E-state index in [1.54, 1.807) is 32.1 Å². The molecule has 1 atom stereocenters. The van der Waals surface area contributed by atoms with Crippen LogP contribution in [0.25, 0.3) is 0 Å². The quantitative estimate of drug-likeness (QED) is 0.574. The zero-order valence-electron chi connectivity index (χ0n) is 16.0. The summed E-state index contributed by atoms with van der Waals surface area (Å²) in [5.41, 5.74) is 0.361.